The highest BCUT2D eigenvalue weighted by atomic mass is 16.6. The lowest BCUT2D eigenvalue weighted by Gasteiger charge is -2.08. The van der Waals surface area contributed by atoms with Gasteiger partial charge < -0.3 is 9.47 Å². The molecule has 0 N–H and O–H groups in total. The van der Waals surface area contributed by atoms with Gasteiger partial charge in [-0.15, -0.1) is 0 Å². The fourth-order valence-electron chi connectivity index (χ4n) is 2.76. The van der Waals surface area contributed by atoms with E-state index in [0.717, 1.165) is 0 Å². The van der Waals surface area contributed by atoms with E-state index in [1.807, 2.05) is 12.1 Å². The van der Waals surface area contributed by atoms with Gasteiger partial charge in [0.2, 0.25) is 0 Å². The van der Waals surface area contributed by atoms with Crippen molar-refractivity contribution in [3.63, 3.8) is 0 Å². The second-order valence-electron chi connectivity index (χ2n) is 6.14. The number of nitriles is 1. The predicted octanol–water partition coefficient (Wildman–Crippen LogP) is 4.89. The number of carbonyl (C=O) groups excluding carboxylic acids is 1. The summed E-state index contributed by atoms with van der Waals surface area (Å²) in [6, 6.07) is 21.2. The van der Waals surface area contributed by atoms with E-state index in [1.54, 1.807) is 42.5 Å². The number of para-hydroxylation sites is 1. The topological polar surface area (TPSA) is 102 Å². The number of esters is 1. The second kappa shape index (κ2) is 9.17. The number of methoxy groups -OCH3 is 1. The van der Waals surface area contributed by atoms with Crippen LogP contribution < -0.4 is 9.47 Å². The Morgan fingerprint density at radius 1 is 1.07 bits per heavy atom. The summed E-state index contributed by atoms with van der Waals surface area (Å²) in [7, 11) is 1.53. The Morgan fingerprint density at radius 2 is 1.80 bits per heavy atom. The van der Waals surface area contributed by atoms with Crippen LogP contribution in [0.15, 0.2) is 72.8 Å². The molecule has 0 radical (unpaired) electrons. The lowest BCUT2D eigenvalue weighted by atomic mass is 10.0. The van der Waals surface area contributed by atoms with Gasteiger partial charge in [-0.2, -0.15) is 5.26 Å². The number of rotatable bonds is 6. The Labute approximate surface area is 172 Å². The van der Waals surface area contributed by atoms with Gasteiger partial charge in [-0.3, -0.25) is 10.1 Å². The third-order valence-corrected chi connectivity index (χ3v) is 4.21. The molecular formula is C23H16N2O5. The molecule has 0 spiro atoms. The van der Waals surface area contributed by atoms with Crippen molar-refractivity contribution < 1.29 is 19.2 Å². The number of nitro groups is 1. The molecule has 0 heterocycles. The molecule has 0 unspecified atom stereocenters. The van der Waals surface area contributed by atoms with E-state index in [-0.39, 0.29) is 17.0 Å². The van der Waals surface area contributed by atoms with Crippen molar-refractivity contribution in [3.05, 3.63) is 99.6 Å². The van der Waals surface area contributed by atoms with Crippen LogP contribution in [0, 0.1) is 21.4 Å². The van der Waals surface area contributed by atoms with E-state index in [2.05, 4.69) is 6.07 Å². The maximum absolute atomic E-state index is 12.3. The average Bonchev–Trinajstić information content (AvgIpc) is 2.77. The molecular weight excluding hydrogens is 384 g/mol. The van der Waals surface area contributed by atoms with Crippen molar-refractivity contribution >= 4 is 23.3 Å². The van der Waals surface area contributed by atoms with Crippen LogP contribution in [0.1, 0.15) is 21.5 Å². The quantitative estimate of drug-likeness (QED) is 0.146. The number of non-ortho nitro benzene ring substituents is 1. The van der Waals surface area contributed by atoms with Gasteiger partial charge in [0.05, 0.1) is 29.2 Å². The van der Waals surface area contributed by atoms with Crippen molar-refractivity contribution in [2.75, 3.05) is 7.11 Å². The standard InChI is InChI=1S/C23H16N2O5/c1-29-22-8-3-2-7-21(22)18(15-24)13-16-5-4-6-20(14-16)30-23(26)17-9-11-19(12-10-17)25(27)28/h2-14H,1H3/b18-13-. The minimum atomic E-state index is -0.642. The smallest absolute Gasteiger partial charge is 0.343 e. The van der Waals surface area contributed by atoms with Gasteiger partial charge in [0.15, 0.2) is 0 Å². The molecule has 0 saturated carbocycles. The first-order chi connectivity index (χ1) is 14.5. The summed E-state index contributed by atoms with van der Waals surface area (Å²) in [5.41, 5.74) is 1.78. The fraction of sp³-hybridized carbons (Fsp3) is 0.0435. The lowest BCUT2D eigenvalue weighted by molar-refractivity contribution is -0.384. The number of ether oxygens (including phenoxy) is 2. The van der Waals surface area contributed by atoms with Crippen LogP contribution in [-0.2, 0) is 0 Å². The average molecular weight is 400 g/mol. The highest BCUT2D eigenvalue weighted by Crippen LogP contribution is 2.28. The largest absolute Gasteiger partial charge is 0.496 e. The highest BCUT2D eigenvalue weighted by Gasteiger charge is 2.12. The van der Waals surface area contributed by atoms with Crippen LogP contribution in [-0.4, -0.2) is 18.0 Å². The Kier molecular flexibility index (Phi) is 6.20. The molecule has 0 aliphatic heterocycles. The Balaban J connectivity index is 1.83. The van der Waals surface area contributed by atoms with Gasteiger partial charge in [-0.1, -0.05) is 24.3 Å². The molecule has 3 rings (SSSR count). The SMILES string of the molecule is COc1ccccc1/C(C#N)=C\c1cccc(OC(=O)c2ccc([N+](=O)[O-])cc2)c1. The minimum absolute atomic E-state index is 0.112. The van der Waals surface area contributed by atoms with E-state index in [9.17, 15) is 20.2 Å². The summed E-state index contributed by atoms with van der Waals surface area (Å²) in [6.07, 6.45) is 1.67. The monoisotopic (exact) mass is 400 g/mol. The van der Waals surface area contributed by atoms with Gasteiger partial charge in [0, 0.05) is 17.7 Å². The zero-order valence-corrected chi connectivity index (χ0v) is 15.9. The molecule has 0 fully saturated rings. The maximum atomic E-state index is 12.3. The summed E-state index contributed by atoms with van der Waals surface area (Å²) in [5, 5.41) is 20.3. The van der Waals surface area contributed by atoms with E-state index < -0.39 is 10.9 Å². The Bertz CT molecular complexity index is 1160. The fourth-order valence-corrected chi connectivity index (χ4v) is 2.76. The summed E-state index contributed by atoms with van der Waals surface area (Å²) in [4.78, 5) is 22.5. The molecule has 0 amide bonds. The van der Waals surface area contributed by atoms with Crippen molar-refractivity contribution in [3.8, 4) is 17.6 Å². The molecule has 148 valence electrons. The molecule has 0 aliphatic rings. The maximum Gasteiger partial charge on any atom is 0.343 e. The zero-order valence-electron chi connectivity index (χ0n) is 15.9. The molecule has 0 aromatic heterocycles. The van der Waals surface area contributed by atoms with E-state index in [1.165, 1.54) is 31.4 Å². The number of nitro benzene ring substituents is 1. The molecule has 0 saturated heterocycles. The molecule has 30 heavy (non-hydrogen) atoms. The van der Waals surface area contributed by atoms with E-state index in [4.69, 9.17) is 9.47 Å². The van der Waals surface area contributed by atoms with E-state index >= 15 is 0 Å². The molecule has 7 nitrogen and oxygen atoms in total. The van der Waals surface area contributed by atoms with Gasteiger partial charge in [0.25, 0.3) is 5.69 Å². The van der Waals surface area contributed by atoms with E-state index in [0.29, 0.717) is 22.4 Å². The summed E-state index contributed by atoms with van der Waals surface area (Å²) in [5.74, 6) is 0.215. The Hall–Kier alpha value is -4.44. The number of nitrogens with zero attached hydrogens (tertiary/aromatic N) is 2. The number of carbonyl (C=O) groups is 1. The van der Waals surface area contributed by atoms with Crippen LogP contribution in [0.2, 0.25) is 0 Å². The first-order valence-electron chi connectivity index (χ1n) is 8.83. The van der Waals surface area contributed by atoms with Crippen LogP contribution in [0.25, 0.3) is 11.6 Å². The van der Waals surface area contributed by atoms with Crippen molar-refractivity contribution in [1.29, 1.82) is 5.26 Å². The van der Waals surface area contributed by atoms with Gasteiger partial charge in [0.1, 0.15) is 11.5 Å². The molecule has 3 aromatic carbocycles. The van der Waals surface area contributed by atoms with Gasteiger partial charge >= 0.3 is 5.97 Å². The molecule has 0 aliphatic carbocycles. The molecule has 7 heteroatoms. The Morgan fingerprint density at radius 3 is 2.47 bits per heavy atom. The molecule has 0 bridgehead atoms. The predicted molar refractivity (Wildman–Crippen MR) is 111 cm³/mol. The molecule has 0 atom stereocenters. The van der Waals surface area contributed by atoms with Crippen molar-refractivity contribution in [2.24, 2.45) is 0 Å². The number of benzene rings is 3. The first kappa shape index (κ1) is 20.3. The third kappa shape index (κ3) is 4.69. The zero-order chi connectivity index (χ0) is 21.5. The number of hydrogen-bond donors (Lipinski definition) is 0. The van der Waals surface area contributed by atoms with Gasteiger partial charge in [-0.05, 0) is 48.0 Å². The van der Waals surface area contributed by atoms with Crippen LogP contribution >= 0.6 is 0 Å². The second-order valence-corrected chi connectivity index (χ2v) is 6.14. The van der Waals surface area contributed by atoms with Crippen LogP contribution in [0.5, 0.6) is 11.5 Å². The number of allylic oxidation sites excluding steroid dienone is 1. The van der Waals surface area contributed by atoms with Crippen molar-refractivity contribution in [1.82, 2.24) is 0 Å². The van der Waals surface area contributed by atoms with Crippen LogP contribution in [0.4, 0.5) is 5.69 Å². The minimum Gasteiger partial charge on any atom is -0.496 e. The number of hydrogen-bond acceptors (Lipinski definition) is 6. The molecule has 3 aromatic rings. The van der Waals surface area contributed by atoms with Crippen molar-refractivity contribution in [2.45, 2.75) is 0 Å². The highest BCUT2D eigenvalue weighted by molar-refractivity contribution is 5.93. The summed E-state index contributed by atoms with van der Waals surface area (Å²) >= 11 is 0. The van der Waals surface area contributed by atoms with Gasteiger partial charge in [-0.25, -0.2) is 4.79 Å². The third-order valence-electron chi connectivity index (χ3n) is 4.21. The summed E-state index contributed by atoms with van der Waals surface area (Å²) in [6.45, 7) is 0. The first-order valence-corrected chi connectivity index (χ1v) is 8.83. The van der Waals surface area contributed by atoms with Crippen LogP contribution in [0.3, 0.4) is 0 Å². The lowest BCUT2D eigenvalue weighted by Crippen LogP contribution is -2.08. The summed E-state index contributed by atoms with van der Waals surface area (Å²) < 4.78 is 10.7. The normalized spacial score (nSPS) is 10.7.